The minimum absolute atomic E-state index is 0.00573. The van der Waals surface area contributed by atoms with Crippen LogP contribution >= 0.6 is 0 Å². The van der Waals surface area contributed by atoms with Gasteiger partial charge in [0.15, 0.2) is 0 Å². The van der Waals surface area contributed by atoms with Gasteiger partial charge >= 0.3 is 0 Å². The number of methoxy groups -OCH3 is 1. The Morgan fingerprint density at radius 2 is 1.55 bits per heavy atom. The van der Waals surface area contributed by atoms with Crippen molar-refractivity contribution in [2.45, 2.75) is 19.8 Å². The fraction of sp³-hybridized carbons (Fsp3) is 0.154. The molecule has 1 aliphatic rings. The van der Waals surface area contributed by atoms with Gasteiger partial charge in [0, 0.05) is 11.8 Å². The van der Waals surface area contributed by atoms with E-state index in [9.17, 15) is 18.4 Å². The normalized spacial score (nSPS) is 13.8. The van der Waals surface area contributed by atoms with E-state index >= 15 is 0 Å². The number of hydrogen-bond acceptors (Lipinski definition) is 4. The van der Waals surface area contributed by atoms with Crippen LogP contribution in [0.2, 0.25) is 0 Å². The van der Waals surface area contributed by atoms with E-state index in [1.807, 2.05) is 24.3 Å². The highest BCUT2D eigenvalue weighted by Gasteiger charge is 2.41. The zero-order chi connectivity index (χ0) is 23.7. The average Bonchev–Trinajstić information content (AvgIpc) is 3.04. The predicted molar refractivity (Wildman–Crippen MR) is 123 cm³/mol. The molecule has 5 nitrogen and oxygen atoms in total. The Kier molecular flexibility index (Phi) is 5.96. The van der Waals surface area contributed by atoms with Gasteiger partial charge in [-0.05, 0) is 53.4 Å². The number of rotatable bonds is 6. The molecule has 2 amide bonds. The van der Waals surface area contributed by atoms with Gasteiger partial charge in [-0.25, -0.2) is 13.7 Å². The number of benzene rings is 3. The van der Waals surface area contributed by atoms with Gasteiger partial charge in [-0.15, -0.1) is 0 Å². The number of carbonyl (C=O) groups is 2. The van der Waals surface area contributed by atoms with Crippen molar-refractivity contribution in [3.63, 3.8) is 0 Å². The predicted octanol–water partition coefficient (Wildman–Crippen LogP) is 5.49. The van der Waals surface area contributed by atoms with Crippen molar-refractivity contribution in [3.8, 4) is 5.75 Å². The van der Waals surface area contributed by atoms with E-state index < -0.39 is 23.4 Å². The molecule has 7 heteroatoms. The molecule has 3 aromatic rings. The summed E-state index contributed by atoms with van der Waals surface area (Å²) in [6.45, 7) is 4.14. The van der Waals surface area contributed by atoms with E-state index in [0.29, 0.717) is 29.0 Å². The standard InChI is InChI=1S/C26H22F2N2O3/c1-15(2)16-4-9-19(10-5-16)29-24-23(17-6-11-20(33-3)12-7-17)25(31)30(26(24)32)22-13-8-18(27)14-21(22)28/h4-15,29H,1-3H3. The van der Waals surface area contributed by atoms with Gasteiger partial charge in [-0.1, -0.05) is 38.1 Å². The van der Waals surface area contributed by atoms with E-state index in [1.165, 1.54) is 7.11 Å². The van der Waals surface area contributed by atoms with Gasteiger partial charge in [0.05, 0.1) is 18.4 Å². The number of carbonyl (C=O) groups excluding carboxylic acids is 2. The van der Waals surface area contributed by atoms with Crippen molar-refractivity contribution in [3.05, 3.63) is 95.2 Å². The zero-order valence-corrected chi connectivity index (χ0v) is 18.4. The summed E-state index contributed by atoms with van der Waals surface area (Å²) in [5.74, 6) is -2.34. The van der Waals surface area contributed by atoms with Crippen LogP contribution in [0.1, 0.15) is 30.9 Å². The lowest BCUT2D eigenvalue weighted by Gasteiger charge is -2.16. The maximum atomic E-state index is 14.5. The quantitative estimate of drug-likeness (QED) is 0.507. The maximum Gasteiger partial charge on any atom is 0.282 e. The van der Waals surface area contributed by atoms with Gasteiger partial charge in [0.25, 0.3) is 11.8 Å². The number of nitrogens with zero attached hydrogens (tertiary/aromatic N) is 1. The van der Waals surface area contributed by atoms with Crippen molar-refractivity contribution >= 4 is 28.8 Å². The summed E-state index contributed by atoms with van der Waals surface area (Å²) >= 11 is 0. The van der Waals surface area contributed by atoms with Crippen LogP contribution in [0.4, 0.5) is 20.2 Å². The second kappa shape index (κ2) is 8.86. The molecule has 0 bridgehead atoms. The largest absolute Gasteiger partial charge is 0.497 e. The Labute approximate surface area is 190 Å². The molecule has 4 rings (SSSR count). The van der Waals surface area contributed by atoms with E-state index in [-0.39, 0.29) is 17.0 Å². The van der Waals surface area contributed by atoms with Gasteiger partial charge in [0.2, 0.25) is 0 Å². The van der Waals surface area contributed by atoms with Crippen molar-refractivity contribution in [1.82, 2.24) is 0 Å². The molecule has 3 aromatic carbocycles. The first kappa shape index (κ1) is 22.2. The first-order valence-corrected chi connectivity index (χ1v) is 10.4. The van der Waals surface area contributed by atoms with Crippen molar-refractivity contribution in [2.24, 2.45) is 0 Å². The molecule has 0 saturated carbocycles. The van der Waals surface area contributed by atoms with Crippen LogP contribution in [-0.2, 0) is 9.59 Å². The van der Waals surface area contributed by atoms with E-state index in [0.717, 1.165) is 22.6 Å². The van der Waals surface area contributed by atoms with Crippen molar-refractivity contribution in [2.75, 3.05) is 17.3 Å². The summed E-state index contributed by atoms with van der Waals surface area (Å²) < 4.78 is 33.1. The molecule has 0 fully saturated rings. The van der Waals surface area contributed by atoms with Crippen LogP contribution in [0.25, 0.3) is 5.57 Å². The fourth-order valence-corrected chi connectivity index (χ4v) is 3.65. The van der Waals surface area contributed by atoms with Gasteiger partial charge in [0.1, 0.15) is 23.1 Å². The minimum Gasteiger partial charge on any atom is -0.497 e. The topological polar surface area (TPSA) is 58.6 Å². The van der Waals surface area contributed by atoms with E-state index in [4.69, 9.17) is 4.74 Å². The minimum atomic E-state index is -1.01. The molecular weight excluding hydrogens is 426 g/mol. The van der Waals surface area contributed by atoms with Crippen molar-refractivity contribution in [1.29, 1.82) is 0 Å². The van der Waals surface area contributed by atoms with Crippen LogP contribution in [0.5, 0.6) is 5.75 Å². The highest BCUT2D eigenvalue weighted by atomic mass is 19.1. The molecule has 0 aromatic heterocycles. The Morgan fingerprint density at radius 1 is 0.879 bits per heavy atom. The SMILES string of the molecule is COc1ccc(C2=C(Nc3ccc(C(C)C)cc3)C(=O)N(c3ccc(F)cc3F)C2=O)cc1. The summed E-state index contributed by atoms with van der Waals surface area (Å²) in [5, 5.41) is 3.03. The number of ether oxygens (including phenoxy) is 1. The molecule has 0 radical (unpaired) electrons. The third-order valence-electron chi connectivity index (χ3n) is 5.46. The molecule has 33 heavy (non-hydrogen) atoms. The summed E-state index contributed by atoms with van der Waals surface area (Å²) in [5.41, 5.74) is 1.95. The molecule has 1 heterocycles. The molecule has 0 saturated heterocycles. The van der Waals surface area contributed by atoms with Crippen LogP contribution < -0.4 is 15.0 Å². The third-order valence-corrected chi connectivity index (χ3v) is 5.46. The second-order valence-electron chi connectivity index (χ2n) is 7.92. The molecule has 0 unspecified atom stereocenters. The first-order valence-electron chi connectivity index (χ1n) is 10.4. The molecule has 1 aliphatic heterocycles. The summed E-state index contributed by atoms with van der Waals surface area (Å²) in [4.78, 5) is 27.4. The summed E-state index contributed by atoms with van der Waals surface area (Å²) in [6, 6.07) is 16.8. The van der Waals surface area contributed by atoms with E-state index in [2.05, 4.69) is 19.2 Å². The zero-order valence-electron chi connectivity index (χ0n) is 18.4. The van der Waals surface area contributed by atoms with Crippen LogP contribution in [0.3, 0.4) is 0 Å². The number of halogens is 2. The smallest absolute Gasteiger partial charge is 0.282 e. The lowest BCUT2D eigenvalue weighted by Crippen LogP contribution is -2.33. The summed E-state index contributed by atoms with van der Waals surface area (Å²) in [6.07, 6.45) is 0. The first-order chi connectivity index (χ1) is 15.8. The molecule has 168 valence electrons. The Bertz CT molecular complexity index is 1250. The van der Waals surface area contributed by atoms with Gasteiger partial charge in [-0.3, -0.25) is 9.59 Å². The number of nitrogens with one attached hydrogen (secondary N) is 1. The van der Waals surface area contributed by atoms with Crippen LogP contribution in [0, 0.1) is 11.6 Å². The second-order valence-corrected chi connectivity index (χ2v) is 7.92. The number of anilines is 2. The fourth-order valence-electron chi connectivity index (χ4n) is 3.65. The lowest BCUT2D eigenvalue weighted by molar-refractivity contribution is -0.120. The highest BCUT2D eigenvalue weighted by molar-refractivity contribution is 6.46. The van der Waals surface area contributed by atoms with E-state index in [1.54, 1.807) is 24.3 Å². The molecule has 0 aliphatic carbocycles. The number of amides is 2. The highest BCUT2D eigenvalue weighted by Crippen LogP contribution is 2.35. The third kappa shape index (κ3) is 4.22. The summed E-state index contributed by atoms with van der Waals surface area (Å²) in [7, 11) is 1.52. The maximum absolute atomic E-state index is 14.5. The Hall–Kier alpha value is -4.00. The molecular formula is C26H22F2N2O3. The molecule has 0 spiro atoms. The lowest BCUT2D eigenvalue weighted by atomic mass is 10.0. The number of imide groups is 1. The van der Waals surface area contributed by atoms with Crippen LogP contribution in [0.15, 0.2) is 72.4 Å². The monoisotopic (exact) mass is 448 g/mol. The van der Waals surface area contributed by atoms with Gasteiger partial charge in [-0.2, -0.15) is 0 Å². The van der Waals surface area contributed by atoms with Crippen molar-refractivity contribution < 1.29 is 23.1 Å². The Morgan fingerprint density at radius 3 is 2.12 bits per heavy atom. The average molecular weight is 448 g/mol. The Balaban J connectivity index is 1.79. The van der Waals surface area contributed by atoms with Crippen LogP contribution in [-0.4, -0.2) is 18.9 Å². The van der Waals surface area contributed by atoms with Gasteiger partial charge < -0.3 is 10.1 Å². The molecule has 1 N–H and O–H groups in total. The molecule has 0 atom stereocenters. The number of hydrogen-bond donors (Lipinski definition) is 1.